The standard InChI is InChI=1S/C26H44N2O5Si/c1-9-34(10-2,11-3)33-24-14-20-17-27(16-19-12-13-21(30-7)15-23(19)31-8)18-22(24)28(20)25(29)32-26(4,5)6/h12-13,15,20,22,24H,9-11,14,16-18H2,1-8H3. The van der Waals surface area contributed by atoms with E-state index < -0.39 is 13.9 Å². The number of hydrogen-bond donors (Lipinski definition) is 0. The van der Waals surface area contributed by atoms with Gasteiger partial charge in [0.25, 0.3) is 0 Å². The zero-order valence-electron chi connectivity index (χ0n) is 22.3. The van der Waals surface area contributed by atoms with E-state index in [-0.39, 0.29) is 24.3 Å². The lowest BCUT2D eigenvalue weighted by molar-refractivity contribution is -0.0133. The largest absolute Gasteiger partial charge is 0.497 e. The van der Waals surface area contributed by atoms with E-state index in [0.29, 0.717) is 0 Å². The Bertz CT molecular complexity index is 831. The minimum absolute atomic E-state index is 0.00521. The van der Waals surface area contributed by atoms with Gasteiger partial charge in [0.05, 0.1) is 32.4 Å². The first-order valence-corrected chi connectivity index (χ1v) is 15.2. The molecule has 0 aliphatic carbocycles. The highest BCUT2D eigenvalue weighted by molar-refractivity contribution is 6.73. The molecule has 3 atom stereocenters. The van der Waals surface area contributed by atoms with E-state index in [1.165, 1.54) is 0 Å². The van der Waals surface area contributed by atoms with E-state index in [2.05, 4.69) is 31.7 Å². The number of carbonyl (C=O) groups excluding carboxylic acids is 1. The van der Waals surface area contributed by atoms with Gasteiger partial charge in [-0.25, -0.2) is 4.79 Å². The van der Waals surface area contributed by atoms with Crippen molar-refractivity contribution in [1.29, 1.82) is 0 Å². The molecule has 0 aromatic heterocycles. The third kappa shape index (κ3) is 5.89. The van der Waals surface area contributed by atoms with Crippen LogP contribution in [-0.2, 0) is 15.7 Å². The van der Waals surface area contributed by atoms with Gasteiger partial charge in [-0.3, -0.25) is 9.80 Å². The van der Waals surface area contributed by atoms with Crippen molar-refractivity contribution >= 4 is 14.4 Å². The molecule has 0 N–H and O–H groups in total. The van der Waals surface area contributed by atoms with Crippen LogP contribution in [-0.4, -0.2) is 75.3 Å². The van der Waals surface area contributed by atoms with Gasteiger partial charge in [0.15, 0.2) is 8.32 Å². The number of benzene rings is 1. The molecule has 0 saturated carbocycles. The number of rotatable bonds is 9. The molecule has 7 nitrogen and oxygen atoms in total. The van der Waals surface area contributed by atoms with Crippen molar-refractivity contribution in [1.82, 2.24) is 9.80 Å². The van der Waals surface area contributed by atoms with E-state index >= 15 is 0 Å². The average molecular weight is 493 g/mol. The van der Waals surface area contributed by atoms with Gasteiger partial charge in [0, 0.05) is 31.3 Å². The molecule has 1 amide bonds. The summed E-state index contributed by atoms with van der Waals surface area (Å²) in [5.41, 5.74) is 0.597. The zero-order valence-corrected chi connectivity index (χ0v) is 23.3. The Balaban J connectivity index is 1.83. The maximum absolute atomic E-state index is 13.2. The van der Waals surface area contributed by atoms with Crippen LogP contribution in [0.25, 0.3) is 0 Å². The number of ether oxygens (including phenoxy) is 3. The number of hydrogen-bond acceptors (Lipinski definition) is 6. The SMILES string of the molecule is CC[Si](CC)(CC)OC1CC2CN(Cc3ccc(OC)cc3OC)CC1N2C(=O)OC(C)(C)C. The molecule has 2 aliphatic rings. The fourth-order valence-corrected chi connectivity index (χ4v) is 8.29. The lowest BCUT2D eigenvalue weighted by Crippen LogP contribution is -2.58. The summed E-state index contributed by atoms with van der Waals surface area (Å²) in [7, 11) is 1.55. The summed E-state index contributed by atoms with van der Waals surface area (Å²) in [5, 5.41) is 0. The highest BCUT2D eigenvalue weighted by atomic mass is 28.4. The second-order valence-corrected chi connectivity index (χ2v) is 15.3. The highest BCUT2D eigenvalue weighted by Gasteiger charge is 2.52. The number of nitrogens with zero attached hydrogens (tertiary/aromatic N) is 2. The van der Waals surface area contributed by atoms with Gasteiger partial charge in [0.1, 0.15) is 17.1 Å². The average Bonchev–Trinajstić information content (AvgIpc) is 3.03. The van der Waals surface area contributed by atoms with Gasteiger partial charge < -0.3 is 18.6 Å². The predicted molar refractivity (Wildman–Crippen MR) is 137 cm³/mol. The topological polar surface area (TPSA) is 60.5 Å². The van der Waals surface area contributed by atoms with Crippen LogP contribution < -0.4 is 9.47 Å². The Morgan fingerprint density at radius 1 is 1.06 bits per heavy atom. The minimum Gasteiger partial charge on any atom is -0.497 e. The van der Waals surface area contributed by atoms with Gasteiger partial charge >= 0.3 is 6.09 Å². The van der Waals surface area contributed by atoms with Crippen LogP contribution in [0.4, 0.5) is 4.79 Å². The Kier molecular flexibility index (Phi) is 8.58. The second kappa shape index (κ2) is 10.9. The first kappa shape index (κ1) is 26.8. The molecule has 2 fully saturated rings. The van der Waals surface area contributed by atoms with E-state index in [9.17, 15) is 4.79 Å². The summed E-state index contributed by atoms with van der Waals surface area (Å²) in [5.74, 6) is 1.60. The summed E-state index contributed by atoms with van der Waals surface area (Å²) in [6.45, 7) is 14.9. The number of piperazine rings is 1. The Hall–Kier alpha value is -1.77. The molecule has 1 aromatic rings. The molecule has 0 spiro atoms. The van der Waals surface area contributed by atoms with E-state index in [4.69, 9.17) is 18.6 Å². The van der Waals surface area contributed by atoms with Crippen molar-refractivity contribution < 1.29 is 23.4 Å². The number of methoxy groups -OCH3 is 2. The number of carbonyl (C=O) groups is 1. The van der Waals surface area contributed by atoms with Crippen LogP contribution in [0.5, 0.6) is 11.5 Å². The molecular weight excluding hydrogens is 448 g/mol. The Morgan fingerprint density at radius 3 is 2.29 bits per heavy atom. The van der Waals surface area contributed by atoms with Crippen molar-refractivity contribution in [2.24, 2.45) is 0 Å². The van der Waals surface area contributed by atoms with Crippen molar-refractivity contribution in [2.75, 3.05) is 27.3 Å². The minimum atomic E-state index is -1.81. The smallest absolute Gasteiger partial charge is 0.410 e. The van der Waals surface area contributed by atoms with Crippen molar-refractivity contribution in [3.8, 4) is 11.5 Å². The molecule has 2 heterocycles. The summed E-state index contributed by atoms with van der Waals surface area (Å²) >= 11 is 0. The first-order chi connectivity index (χ1) is 16.1. The van der Waals surface area contributed by atoms with Crippen molar-refractivity contribution in [2.45, 2.75) is 96.4 Å². The molecule has 3 unspecified atom stereocenters. The molecule has 0 radical (unpaired) electrons. The van der Waals surface area contributed by atoms with E-state index in [1.807, 2.05) is 37.8 Å². The van der Waals surface area contributed by atoms with Crippen LogP contribution >= 0.6 is 0 Å². The first-order valence-electron chi connectivity index (χ1n) is 12.7. The third-order valence-electron chi connectivity index (χ3n) is 7.43. The zero-order chi connectivity index (χ0) is 25.1. The Morgan fingerprint density at radius 2 is 1.74 bits per heavy atom. The van der Waals surface area contributed by atoms with Gasteiger partial charge in [-0.05, 0) is 51.4 Å². The molecule has 192 valence electrons. The third-order valence-corrected chi connectivity index (χ3v) is 12.1. The monoisotopic (exact) mass is 492 g/mol. The van der Waals surface area contributed by atoms with Crippen LogP contribution in [0.15, 0.2) is 18.2 Å². The molecular formula is C26H44N2O5Si. The molecule has 1 aromatic carbocycles. The van der Waals surface area contributed by atoms with Gasteiger partial charge in [-0.1, -0.05) is 26.8 Å². The van der Waals surface area contributed by atoms with Crippen LogP contribution in [0.3, 0.4) is 0 Å². The quantitative estimate of drug-likeness (QED) is 0.437. The van der Waals surface area contributed by atoms with Crippen molar-refractivity contribution in [3.63, 3.8) is 0 Å². The van der Waals surface area contributed by atoms with Gasteiger partial charge in [0.2, 0.25) is 0 Å². The lowest BCUT2D eigenvalue weighted by atomic mass is 10.1. The number of likely N-dealkylation sites (tertiary alicyclic amines) is 1. The van der Waals surface area contributed by atoms with Crippen LogP contribution in [0, 0.1) is 0 Å². The molecule has 3 rings (SSSR count). The summed E-state index contributed by atoms with van der Waals surface area (Å²) < 4.78 is 23.8. The van der Waals surface area contributed by atoms with Crippen LogP contribution in [0.1, 0.15) is 53.5 Å². The molecule has 34 heavy (non-hydrogen) atoms. The van der Waals surface area contributed by atoms with Gasteiger partial charge in [-0.15, -0.1) is 0 Å². The normalized spacial score (nSPS) is 23.2. The molecule has 8 heteroatoms. The van der Waals surface area contributed by atoms with Crippen molar-refractivity contribution in [3.05, 3.63) is 23.8 Å². The predicted octanol–water partition coefficient (Wildman–Crippen LogP) is 5.29. The molecule has 2 aliphatic heterocycles. The summed E-state index contributed by atoms with van der Waals surface area (Å²) in [4.78, 5) is 17.6. The fourth-order valence-electron chi connectivity index (χ4n) is 5.39. The van der Waals surface area contributed by atoms with E-state index in [1.54, 1.807) is 14.2 Å². The second-order valence-electron chi connectivity index (χ2n) is 10.6. The maximum atomic E-state index is 13.2. The van der Waals surface area contributed by atoms with E-state index in [0.717, 1.165) is 61.2 Å². The fraction of sp³-hybridized carbons (Fsp3) is 0.731. The number of amides is 1. The summed E-state index contributed by atoms with van der Waals surface area (Å²) in [6, 6.07) is 9.36. The molecule has 2 bridgehead atoms. The molecule has 2 saturated heterocycles. The highest BCUT2D eigenvalue weighted by Crippen LogP contribution is 2.38. The van der Waals surface area contributed by atoms with Crippen LogP contribution in [0.2, 0.25) is 18.1 Å². The van der Waals surface area contributed by atoms with Gasteiger partial charge in [-0.2, -0.15) is 0 Å². The number of fused-ring (bicyclic) bond motifs is 2. The lowest BCUT2D eigenvalue weighted by Gasteiger charge is -2.42. The Labute approximate surface area is 206 Å². The summed E-state index contributed by atoms with van der Waals surface area (Å²) in [6.07, 6.45) is 0.716. The maximum Gasteiger partial charge on any atom is 0.410 e.